The van der Waals surface area contributed by atoms with E-state index >= 15 is 0 Å². The average Bonchev–Trinajstić information content (AvgIpc) is 3.09. The van der Waals surface area contributed by atoms with E-state index < -0.39 is 23.8 Å². The van der Waals surface area contributed by atoms with Gasteiger partial charge in [0.2, 0.25) is 0 Å². The number of carboxylic acids is 1. The van der Waals surface area contributed by atoms with Crippen LogP contribution in [0.4, 0.5) is 0 Å². The molecule has 0 spiro atoms. The first-order valence-electron chi connectivity index (χ1n) is 10.8. The Hall–Kier alpha value is -2.16. The predicted octanol–water partition coefficient (Wildman–Crippen LogP) is -0.442. The minimum Gasteiger partial charge on any atom is -0.481 e. The first-order chi connectivity index (χ1) is 16.0. The fourth-order valence-corrected chi connectivity index (χ4v) is 2.32. The average molecular weight is 479 g/mol. The molecule has 0 radical (unpaired) electrons. The molecule has 0 aromatic rings. The molecule has 1 aliphatic heterocycles. The Morgan fingerprint density at radius 3 is 1.30 bits per heavy atom. The van der Waals surface area contributed by atoms with Gasteiger partial charge in [0, 0.05) is 12.8 Å². The van der Waals surface area contributed by atoms with Crippen molar-refractivity contribution in [1.29, 1.82) is 0 Å². The summed E-state index contributed by atoms with van der Waals surface area (Å²) < 4.78 is 31.6. The minimum absolute atomic E-state index is 0.0192. The maximum Gasteiger partial charge on any atom is 0.335 e. The highest BCUT2D eigenvalue weighted by molar-refractivity contribution is 6.01. The molecule has 13 heteroatoms. The van der Waals surface area contributed by atoms with E-state index in [4.69, 9.17) is 38.4 Å². The number of rotatable bonds is 22. The lowest BCUT2D eigenvalue weighted by Gasteiger charge is -2.12. The zero-order valence-corrected chi connectivity index (χ0v) is 18.7. The first-order valence-corrected chi connectivity index (χ1v) is 10.8. The van der Waals surface area contributed by atoms with Crippen LogP contribution in [0.25, 0.3) is 0 Å². The van der Waals surface area contributed by atoms with Crippen LogP contribution in [0.5, 0.6) is 0 Å². The van der Waals surface area contributed by atoms with Crippen molar-refractivity contribution in [3.8, 4) is 0 Å². The molecule has 0 aliphatic carbocycles. The van der Waals surface area contributed by atoms with E-state index in [-0.39, 0.29) is 45.5 Å². The standard InChI is InChI=1S/C20H33NO12/c22-17-1-2-18(23)21(17)33-20(26)4-6-28-8-10-30-12-14-32-16-15-31-13-11-29-9-7-27-5-3-19(24)25/h1-16H2,(H,24,25). The van der Waals surface area contributed by atoms with Crippen LogP contribution >= 0.6 is 0 Å². The summed E-state index contributed by atoms with van der Waals surface area (Å²) in [5.41, 5.74) is 0. The number of hydrogen-bond acceptors (Lipinski definition) is 11. The number of aliphatic carboxylic acids is 1. The van der Waals surface area contributed by atoms with Gasteiger partial charge in [-0.25, -0.2) is 4.79 Å². The normalized spacial score (nSPS) is 13.6. The van der Waals surface area contributed by atoms with Gasteiger partial charge >= 0.3 is 11.9 Å². The van der Waals surface area contributed by atoms with Gasteiger partial charge in [-0.05, 0) is 0 Å². The van der Waals surface area contributed by atoms with E-state index in [0.29, 0.717) is 64.5 Å². The van der Waals surface area contributed by atoms with Crippen LogP contribution in [0.2, 0.25) is 0 Å². The molecule has 1 heterocycles. The highest BCUT2D eigenvalue weighted by atomic mass is 16.7. The third-order valence-corrected chi connectivity index (χ3v) is 3.97. The van der Waals surface area contributed by atoms with E-state index in [9.17, 15) is 19.2 Å². The molecule has 190 valence electrons. The lowest BCUT2D eigenvalue weighted by atomic mass is 10.4. The van der Waals surface area contributed by atoms with Crippen molar-refractivity contribution in [2.45, 2.75) is 25.7 Å². The summed E-state index contributed by atoms with van der Waals surface area (Å²) in [6, 6.07) is 0. The minimum atomic E-state index is -0.891. The Labute approximate surface area is 192 Å². The number of carbonyl (C=O) groups excluding carboxylic acids is 3. The van der Waals surface area contributed by atoms with Gasteiger partial charge in [-0.3, -0.25) is 14.4 Å². The highest BCUT2D eigenvalue weighted by Gasteiger charge is 2.32. The summed E-state index contributed by atoms with van der Waals surface area (Å²) in [6.07, 6.45) is 0.0178. The molecule has 0 aromatic carbocycles. The van der Waals surface area contributed by atoms with Gasteiger partial charge in [0.25, 0.3) is 11.8 Å². The Bertz CT molecular complexity index is 569. The van der Waals surface area contributed by atoms with Crippen LogP contribution in [0.15, 0.2) is 0 Å². The number of hydroxylamine groups is 2. The Morgan fingerprint density at radius 1 is 0.606 bits per heavy atom. The molecule has 1 fully saturated rings. The summed E-state index contributed by atoms with van der Waals surface area (Å²) in [6.45, 7) is 4.06. The van der Waals surface area contributed by atoms with Gasteiger partial charge in [-0.2, -0.15) is 0 Å². The smallest absolute Gasteiger partial charge is 0.335 e. The quantitative estimate of drug-likeness (QED) is 0.158. The predicted molar refractivity (Wildman–Crippen MR) is 109 cm³/mol. The van der Waals surface area contributed by atoms with Crippen LogP contribution in [0.1, 0.15) is 25.7 Å². The largest absolute Gasteiger partial charge is 0.481 e. The topological polar surface area (TPSA) is 156 Å². The van der Waals surface area contributed by atoms with Crippen molar-refractivity contribution < 1.29 is 57.5 Å². The maximum atomic E-state index is 11.6. The summed E-state index contributed by atoms with van der Waals surface area (Å²) in [5, 5.41) is 8.95. The van der Waals surface area contributed by atoms with Gasteiger partial charge in [-0.1, -0.05) is 0 Å². The summed E-state index contributed by atoms with van der Waals surface area (Å²) >= 11 is 0. The Morgan fingerprint density at radius 2 is 0.939 bits per heavy atom. The van der Waals surface area contributed by atoms with Crippen LogP contribution in [0.3, 0.4) is 0 Å². The van der Waals surface area contributed by atoms with Gasteiger partial charge in [0.15, 0.2) is 0 Å². The number of carboxylic acid groups (broad SMARTS) is 1. The molecule has 0 atom stereocenters. The van der Waals surface area contributed by atoms with Gasteiger partial charge in [0.05, 0.1) is 92.1 Å². The molecule has 2 amide bonds. The zero-order chi connectivity index (χ0) is 24.2. The van der Waals surface area contributed by atoms with Crippen molar-refractivity contribution in [3.63, 3.8) is 0 Å². The molecule has 0 unspecified atom stereocenters. The van der Waals surface area contributed by atoms with Crippen LogP contribution in [-0.2, 0) is 52.4 Å². The fraction of sp³-hybridized carbons (Fsp3) is 0.800. The number of hydrogen-bond donors (Lipinski definition) is 1. The molecule has 1 rings (SSSR count). The van der Waals surface area contributed by atoms with Crippen molar-refractivity contribution in [1.82, 2.24) is 5.06 Å². The van der Waals surface area contributed by atoms with Crippen molar-refractivity contribution in [3.05, 3.63) is 0 Å². The second-order valence-electron chi connectivity index (χ2n) is 6.61. The summed E-state index contributed by atoms with van der Waals surface area (Å²) in [7, 11) is 0. The monoisotopic (exact) mass is 479 g/mol. The molecule has 1 saturated heterocycles. The molecule has 0 aromatic heterocycles. The Kier molecular flexibility index (Phi) is 16.9. The van der Waals surface area contributed by atoms with Crippen molar-refractivity contribution >= 4 is 23.8 Å². The van der Waals surface area contributed by atoms with Gasteiger partial charge in [0.1, 0.15) is 0 Å². The molecule has 13 nitrogen and oxygen atoms in total. The molecule has 0 bridgehead atoms. The number of carbonyl (C=O) groups is 4. The molecule has 0 saturated carbocycles. The van der Waals surface area contributed by atoms with Crippen molar-refractivity contribution in [2.24, 2.45) is 0 Å². The molecule has 33 heavy (non-hydrogen) atoms. The molecular weight excluding hydrogens is 446 g/mol. The van der Waals surface area contributed by atoms with E-state index in [0.717, 1.165) is 0 Å². The number of ether oxygens (including phenoxy) is 6. The van der Waals surface area contributed by atoms with Gasteiger partial charge in [-0.15, -0.1) is 5.06 Å². The second-order valence-corrected chi connectivity index (χ2v) is 6.61. The number of nitrogens with zero attached hydrogens (tertiary/aromatic N) is 1. The lowest BCUT2D eigenvalue weighted by molar-refractivity contribution is -0.198. The molecule has 1 aliphatic rings. The highest BCUT2D eigenvalue weighted by Crippen LogP contribution is 2.12. The van der Waals surface area contributed by atoms with E-state index in [1.165, 1.54) is 0 Å². The van der Waals surface area contributed by atoms with Crippen LogP contribution in [-0.4, -0.2) is 113 Å². The van der Waals surface area contributed by atoms with Gasteiger partial charge < -0.3 is 38.4 Å². The third-order valence-electron chi connectivity index (χ3n) is 3.97. The summed E-state index contributed by atoms with van der Waals surface area (Å²) in [4.78, 5) is 49.2. The SMILES string of the molecule is O=C(O)CCOCCOCCOCCOCCOCCOCCC(=O)ON1C(=O)CCC1=O. The Balaban J connectivity index is 1.74. The maximum absolute atomic E-state index is 11.6. The molecule has 1 N–H and O–H groups in total. The van der Waals surface area contributed by atoms with E-state index in [2.05, 4.69) is 0 Å². The lowest BCUT2D eigenvalue weighted by Crippen LogP contribution is -2.32. The number of amides is 2. The number of imide groups is 1. The summed E-state index contributed by atoms with van der Waals surface area (Å²) in [5.74, 6) is -2.62. The third kappa shape index (κ3) is 16.2. The zero-order valence-electron chi connectivity index (χ0n) is 18.7. The first kappa shape index (κ1) is 28.9. The van der Waals surface area contributed by atoms with Crippen LogP contribution in [0, 0.1) is 0 Å². The van der Waals surface area contributed by atoms with E-state index in [1.807, 2.05) is 0 Å². The molecular formula is C20H33NO12. The van der Waals surface area contributed by atoms with Crippen molar-refractivity contribution in [2.75, 3.05) is 79.3 Å². The second kappa shape index (κ2) is 19.3. The van der Waals surface area contributed by atoms with E-state index in [1.54, 1.807) is 0 Å². The fourth-order valence-electron chi connectivity index (χ4n) is 2.32. The van der Waals surface area contributed by atoms with Crippen LogP contribution < -0.4 is 0 Å².